The molecule has 156 valence electrons. The first-order valence-corrected chi connectivity index (χ1v) is 8.88. The van der Waals surface area contributed by atoms with Crippen LogP contribution in [-0.2, 0) is 4.79 Å². The topological polar surface area (TPSA) is 96.3 Å². The lowest BCUT2D eigenvalue weighted by Gasteiger charge is -2.33. The Bertz CT molecular complexity index is 884. The molecule has 0 aromatic heterocycles. The van der Waals surface area contributed by atoms with Crippen LogP contribution in [0.25, 0.3) is 0 Å². The van der Waals surface area contributed by atoms with E-state index >= 15 is 0 Å². The fourth-order valence-corrected chi connectivity index (χ4v) is 3.37. The molecular formula is C19H21ClF2N4O3. The molecule has 1 saturated heterocycles. The van der Waals surface area contributed by atoms with Gasteiger partial charge in [-0.05, 0) is 36.7 Å². The molecule has 3 rings (SSSR count). The smallest absolute Gasteiger partial charge is 0.292 e. The van der Waals surface area contributed by atoms with E-state index in [0.717, 1.165) is 12.1 Å². The monoisotopic (exact) mass is 426 g/mol. The number of piperidine rings is 1. The van der Waals surface area contributed by atoms with Crippen molar-refractivity contribution >= 4 is 29.7 Å². The van der Waals surface area contributed by atoms with Crippen molar-refractivity contribution in [2.45, 2.75) is 18.4 Å². The summed E-state index contributed by atoms with van der Waals surface area (Å²) >= 11 is 0. The van der Waals surface area contributed by atoms with E-state index in [1.807, 2.05) is 0 Å². The summed E-state index contributed by atoms with van der Waals surface area (Å²) in [6.07, 6.45) is 0.660. The number of nitro groups is 1. The minimum Gasteiger partial charge on any atom is -0.371 e. The molecule has 2 unspecified atom stereocenters. The van der Waals surface area contributed by atoms with Crippen LogP contribution in [0.4, 0.5) is 20.2 Å². The third kappa shape index (κ3) is 5.61. The van der Waals surface area contributed by atoms with E-state index in [1.165, 1.54) is 18.2 Å². The Kier molecular flexibility index (Phi) is 7.86. The van der Waals surface area contributed by atoms with Crippen LogP contribution in [0.15, 0.2) is 42.5 Å². The molecule has 0 bridgehead atoms. The molecule has 10 heteroatoms. The van der Waals surface area contributed by atoms with E-state index in [-0.39, 0.29) is 48.2 Å². The number of para-hydroxylation sites is 2. The molecule has 29 heavy (non-hydrogen) atoms. The Morgan fingerprint density at radius 3 is 2.69 bits per heavy atom. The van der Waals surface area contributed by atoms with Crippen molar-refractivity contribution in [3.63, 3.8) is 0 Å². The molecule has 1 fully saturated rings. The van der Waals surface area contributed by atoms with E-state index in [1.54, 1.807) is 12.1 Å². The van der Waals surface area contributed by atoms with Gasteiger partial charge in [0.25, 0.3) is 5.69 Å². The highest BCUT2D eigenvalue weighted by Gasteiger charge is 2.28. The number of nitrogens with zero attached hydrogens (tertiary/aromatic N) is 1. The van der Waals surface area contributed by atoms with Crippen molar-refractivity contribution in [2.24, 2.45) is 0 Å². The average Bonchev–Trinajstić information content (AvgIpc) is 2.69. The molecule has 0 spiro atoms. The highest BCUT2D eigenvalue weighted by molar-refractivity contribution is 5.85. The average molecular weight is 427 g/mol. The molecule has 1 amide bonds. The van der Waals surface area contributed by atoms with Crippen molar-refractivity contribution in [2.75, 3.05) is 25.0 Å². The minimum atomic E-state index is -0.917. The molecule has 1 heterocycles. The van der Waals surface area contributed by atoms with Crippen LogP contribution in [0, 0.1) is 21.7 Å². The van der Waals surface area contributed by atoms with E-state index in [0.29, 0.717) is 25.1 Å². The van der Waals surface area contributed by atoms with E-state index in [4.69, 9.17) is 0 Å². The molecular weight excluding hydrogens is 406 g/mol. The number of anilines is 1. The number of amides is 1. The number of hydrogen-bond donors (Lipinski definition) is 3. The lowest BCUT2D eigenvalue weighted by atomic mass is 9.86. The number of rotatable bonds is 6. The summed E-state index contributed by atoms with van der Waals surface area (Å²) in [6.45, 7) is 1.04. The molecule has 0 aliphatic carbocycles. The first kappa shape index (κ1) is 22.5. The molecule has 2 aromatic carbocycles. The highest BCUT2D eigenvalue weighted by Crippen LogP contribution is 2.27. The SMILES string of the molecule is Cl.O=C(CNc1ccccc1[N+](=O)[O-])NC1CNCCC1c1ccc(F)c(F)c1. The number of carbonyl (C=O) groups excluding carboxylic acids is 1. The molecule has 3 N–H and O–H groups in total. The fourth-order valence-electron chi connectivity index (χ4n) is 3.37. The summed E-state index contributed by atoms with van der Waals surface area (Å²) < 4.78 is 26.8. The second-order valence-corrected chi connectivity index (χ2v) is 6.57. The molecule has 1 aliphatic rings. The summed E-state index contributed by atoms with van der Waals surface area (Å²) in [5.41, 5.74) is 0.758. The number of nitro benzene ring substituents is 1. The van der Waals surface area contributed by atoms with Gasteiger partial charge in [0.05, 0.1) is 11.5 Å². The zero-order valence-electron chi connectivity index (χ0n) is 15.4. The van der Waals surface area contributed by atoms with Gasteiger partial charge in [0.2, 0.25) is 5.91 Å². The number of nitrogens with one attached hydrogen (secondary N) is 3. The molecule has 0 radical (unpaired) electrons. The number of halogens is 3. The number of carbonyl (C=O) groups is 1. The van der Waals surface area contributed by atoms with Crippen LogP contribution in [0.1, 0.15) is 17.9 Å². The van der Waals surface area contributed by atoms with Gasteiger partial charge in [0, 0.05) is 24.6 Å². The molecule has 2 atom stereocenters. The number of benzene rings is 2. The third-order valence-electron chi connectivity index (χ3n) is 4.74. The minimum absolute atomic E-state index is 0. The van der Waals surface area contributed by atoms with Crippen LogP contribution in [0.5, 0.6) is 0 Å². The lowest BCUT2D eigenvalue weighted by molar-refractivity contribution is -0.383. The summed E-state index contributed by atoms with van der Waals surface area (Å²) in [5.74, 6) is -2.34. The van der Waals surface area contributed by atoms with Gasteiger partial charge in [-0.25, -0.2) is 8.78 Å². The van der Waals surface area contributed by atoms with Crippen molar-refractivity contribution < 1.29 is 18.5 Å². The largest absolute Gasteiger partial charge is 0.371 e. The maximum absolute atomic E-state index is 13.6. The van der Waals surface area contributed by atoms with Gasteiger partial charge in [0.1, 0.15) is 5.69 Å². The Labute approximate surface area is 172 Å². The zero-order valence-corrected chi connectivity index (χ0v) is 16.2. The summed E-state index contributed by atoms with van der Waals surface area (Å²) in [6, 6.07) is 9.53. The molecule has 2 aromatic rings. The zero-order chi connectivity index (χ0) is 20.1. The van der Waals surface area contributed by atoms with Crippen molar-refractivity contribution in [3.8, 4) is 0 Å². The Morgan fingerprint density at radius 2 is 1.97 bits per heavy atom. The lowest BCUT2D eigenvalue weighted by Crippen LogP contribution is -2.51. The number of hydrogen-bond acceptors (Lipinski definition) is 5. The molecule has 1 aliphatic heterocycles. The van der Waals surface area contributed by atoms with Crippen LogP contribution in [0.3, 0.4) is 0 Å². The van der Waals surface area contributed by atoms with Gasteiger partial charge in [-0.1, -0.05) is 18.2 Å². The summed E-state index contributed by atoms with van der Waals surface area (Å²) in [4.78, 5) is 22.9. The fraction of sp³-hybridized carbons (Fsp3) is 0.316. The van der Waals surface area contributed by atoms with Crippen molar-refractivity contribution in [1.29, 1.82) is 0 Å². The Morgan fingerprint density at radius 1 is 1.21 bits per heavy atom. The van der Waals surface area contributed by atoms with Gasteiger partial charge in [0.15, 0.2) is 11.6 Å². The normalized spacial score (nSPS) is 18.4. The summed E-state index contributed by atoms with van der Waals surface area (Å²) in [5, 5.41) is 19.8. The van der Waals surface area contributed by atoms with Crippen LogP contribution in [-0.4, -0.2) is 36.5 Å². The second kappa shape index (κ2) is 10.1. The molecule has 7 nitrogen and oxygen atoms in total. The van der Waals surface area contributed by atoms with Gasteiger partial charge >= 0.3 is 0 Å². The van der Waals surface area contributed by atoms with Crippen LogP contribution < -0.4 is 16.0 Å². The predicted molar refractivity (Wildman–Crippen MR) is 107 cm³/mol. The van der Waals surface area contributed by atoms with E-state index in [2.05, 4.69) is 16.0 Å². The first-order chi connectivity index (χ1) is 13.5. The third-order valence-corrected chi connectivity index (χ3v) is 4.74. The first-order valence-electron chi connectivity index (χ1n) is 8.88. The standard InChI is InChI=1S/C19H20F2N4O3.ClH/c20-14-6-5-12(9-15(14)21)13-7-8-22-10-17(13)24-19(26)11-23-16-3-1-2-4-18(16)25(27)28;/h1-6,9,13,17,22-23H,7-8,10-11H2,(H,24,26);1H. The summed E-state index contributed by atoms with van der Waals surface area (Å²) in [7, 11) is 0. The highest BCUT2D eigenvalue weighted by atomic mass is 35.5. The Balaban J connectivity index is 0.00000300. The van der Waals surface area contributed by atoms with Crippen molar-refractivity contribution in [1.82, 2.24) is 10.6 Å². The van der Waals surface area contributed by atoms with Gasteiger partial charge in [-0.2, -0.15) is 0 Å². The van der Waals surface area contributed by atoms with Crippen LogP contribution in [0.2, 0.25) is 0 Å². The van der Waals surface area contributed by atoms with Crippen LogP contribution >= 0.6 is 12.4 Å². The molecule has 0 saturated carbocycles. The van der Waals surface area contributed by atoms with E-state index in [9.17, 15) is 23.7 Å². The Hall–Kier alpha value is -2.78. The maximum Gasteiger partial charge on any atom is 0.292 e. The van der Waals surface area contributed by atoms with Gasteiger partial charge in [-0.15, -0.1) is 12.4 Å². The van der Waals surface area contributed by atoms with E-state index < -0.39 is 16.6 Å². The second-order valence-electron chi connectivity index (χ2n) is 6.57. The van der Waals surface area contributed by atoms with Crippen molar-refractivity contribution in [3.05, 3.63) is 69.8 Å². The van der Waals surface area contributed by atoms with Gasteiger partial charge in [-0.3, -0.25) is 14.9 Å². The predicted octanol–water partition coefficient (Wildman–Crippen LogP) is 2.97. The van der Waals surface area contributed by atoms with Gasteiger partial charge < -0.3 is 16.0 Å². The maximum atomic E-state index is 13.6. The quantitative estimate of drug-likeness (QED) is 0.487.